The number of aromatic nitrogens is 1. The molecule has 0 saturated carbocycles. The lowest BCUT2D eigenvalue weighted by molar-refractivity contribution is 0.0761. The van der Waals surface area contributed by atoms with E-state index in [1.165, 1.54) is 0 Å². The molecule has 3 aromatic rings. The zero-order chi connectivity index (χ0) is 20.2. The van der Waals surface area contributed by atoms with E-state index in [9.17, 15) is 4.79 Å². The smallest absolute Gasteiger partial charge is 0.253 e. The lowest BCUT2D eigenvalue weighted by Gasteiger charge is -2.21. The van der Waals surface area contributed by atoms with Crippen molar-refractivity contribution in [2.45, 2.75) is 19.9 Å². The molecular formula is C23H24ClN3O2. The molecular weight excluding hydrogens is 386 g/mol. The molecule has 1 aliphatic rings. The molecule has 0 bridgehead atoms. The van der Waals surface area contributed by atoms with Gasteiger partial charge in [-0.05, 0) is 43.7 Å². The summed E-state index contributed by atoms with van der Waals surface area (Å²) in [6.07, 6.45) is 0.925. The molecule has 1 amide bonds. The Morgan fingerprint density at radius 3 is 2.69 bits per heavy atom. The molecule has 0 N–H and O–H groups in total. The Hall–Kier alpha value is -2.63. The van der Waals surface area contributed by atoms with E-state index < -0.39 is 0 Å². The molecule has 6 heteroatoms. The fraction of sp³-hybridized carbons (Fsp3) is 0.304. The van der Waals surface area contributed by atoms with Crippen LogP contribution in [0.4, 0.5) is 0 Å². The van der Waals surface area contributed by atoms with Gasteiger partial charge < -0.3 is 9.32 Å². The predicted octanol–water partition coefficient (Wildman–Crippen LogP) is 4.65. The first-order valence-electron chi connectivity index (χ1n) is 9.89. The lowest BCUT2D eigenvalue weighted by atomic mass is 10.2. The van der Waals surface area contributed by atoms with Gasteiger partial charge in [0.1, 0.15) is 5.76 Å². The summed E-state index contributed by atoms with van der Waals surface area (Å²) in [6.45, 7) is 5.84. The van der Waals surface area contributed by atoms with Crippen LogP contribution in [0.5, 0.6) is 0 Å². The van der Waals surface area contributed by atoms with Crippen molar-refractivity contribution in [1.29, 1.82) is 0 Å². The van der Waals surface area contributed by atoms with E-state index >= 15 is 0 Å². The fourth-order valence-corrected chi connectivity index (χ4v) is 3.82. The maximum absolute atomic E-state index is 12.8. The highest BCUT2D eigenvalue weighted by Gasteiger charge is 2.22. The van der Waals surface area contributed by atoms with Crippen LogP contribution < -0.4 is 0 Å². The summed E-state index contributed by atoms with van der Waals surface area (Å²) in [4.78, 5) is 21.8. The van der Waals surface area contributed by atoms with Gasteiger partial charge in [-0.15, -0.1) is 0 Å². The quantitative estimate of drug-likeness (QED) is 0.629. The second-order valence-corrected chi connectivity index (χ2v) is 7.76. The molecule has 0 radical (unpaired) electrons. The third-order valence-electron chi connectivity index (χ3n) is 5.23. The summed E-state index contributed by atoms with van der Waals surface area (Å²) < 4.78 is 5.89. The number of hydrogen-bond donors (Lipinski definition) is 0. The highest BCUT2D eigenvalue weighted by Crippen LogP contribution is 2.23. The minimum absolute atomic E-state index is 0.0401. The van der Waals surface area contributed by atoms with Gasteiger partial charge in [-0.3, -0.25) is 9.69 Å². The molecule has 0 aliphatic carbocycles. The summed E-state index contributed by atoms with van der Waals surface area (Å²) in [5.41, 5.74) is 2.58. The molecule has 0 unspecified atom stereocenters. The van der Waals surface area contributed by atoms with Crippen molar-refractivity contribution >= 4 is 17.5 Å². The third kappa shape index (κ3) is 4.69. The molecule has 2 aromatic carbocycles. The molecule has 1 fully saturated rings. The number of nitrogens with zero attached hydrogens (tertiary/aromatic N) is 3. The molecule has 4 rings (SSSR count). The van der Waals surface area contributed by atoms with E-state index in [0.29, 0.717) is 23.0 Å². The normalized spacial score (nSPS) is 15.3. The number of oxazole rings is 1. The highest BCUT2D eigenvalue weighted by molar-refractivity contribution is 6.30. The number of aryl methyl sites for hydroxylation is 1. The largest absolute Gasteiger partial charge is 0.441 e. The minimum Gasteiger partial charge on any atom is -0.441 e. The van der Waals surface area contributed by atoms with Gasteiger partial charge in [0.2, 0.25) is 5.89 Å². The topological polar surface area (TPSA) is 49.6 Å². The van der Waals surface area contributed by atoms with Crippen LogP contribution in [0.1, 0.15) is 28.2 Å². The van der Waals surface area contributed by atoms with E-state index in [1.54, 1.807) is 12.1 Å². The fourth-order valence-electron chi connectivity index (χ4n) is 3.63. The van der Waals surface area contributed by atoms with Crippen molar-refractivity contribution in [3.63, 3.8) is 0 Å². The van der Waals surface area contributed by atoms with Gasteiger partial charge in [0.25, 0.3) is 5.91 Å². The number of benzene rings is 2. The highest BCUT2D eigenvalue weighted by atomic mass is 35.5. The van der Waals surface area contributed by atoms with Gasteiger partial charge in [-0.1, -0.05) is 35.9 Å². The Bertz CT molecular complexity index is 987. The molecule has 2 heterocycles. The standard InChI is InChI=1S/C23H24ClN3O2/c1-17-21(25-22(29-17)18-7-3-2-4-8-18)16-26-11-6-12-27(14-13-26)23(28)19-9-5-10-20(24)15-19/h2-5,7-10,15H,6,11-14,16H2,1H3. The zero-order valence-electron chi connectivity index (χ0n) is 16.5. The van der Waals surface area contributed by atoms with Gasteiger partial charge >= 0.3 is 0 Å². The summed E-state index contributed by atoms with van der Waals surface area (Å²) in [5, 5.41) is 0.586. The second kappa shape index (κ2) is 8.80. The van der Waals surface area contributed by atoms with Crippen LogP contribution in [0.15, 0.2) is 59.0 Å². The van der Waals surface area contributed by atoms with Crippen molar-refractivity contribution in [2.24, 2.45) is 0 Å². The van der Waals surface area contributed by atoms with E-state index in [-0.39, 0.29) is 5.91 Å². The van der Waals surface area contributed by atoms with E-state index in [0.717, 1.165) is 49.6 Å². The Balaban J connectivity index is 1.40. The van der Waals surface area contributed by atoms with Gasteiger partial charge in [0.05, 0.1) is 5.69 Å². The lowest BCUT2D eigenvalue weighted by Crippen LogP contribution is -2.35. The minimum atomic E-state index is 0.0401. The number of hydrogen-bond acceptors (Lipinski definition) is 4. The van der Waals surface area contributed by atoms with Crippen LogP contribution in [0.25, 0.3) is 11.5 Å². The van der Waals surface area contributed by atoms with Crippen LogP contribution >= 0.6 is 11.6 Å². The van der Waals surface area contributed by atoms with Crippen molar-refractivity contribution in [3.8, 4) is 11.5 Å². The van der Waals surface area contributed by atoms with Crippen molar-refractivity contribution in [2.75, 3.05) is 26.2 Å². The number of halogens is 1. The molecule has 1 aromatic heterocycles. The number of carbonyl (C=O) groups is 1. The Morgan fingerprint density at radius 1 is 1.07 bits per heavy atom. The van der Waals surface area contributed by atoms with Crippen LogP contribution in [0.3, 0.4) is 0 Å². The first-order chi connectivity index (χ1) is 14.1. The third-order valence-corrected chi connectivity index (χ3v) is 5.47. The number of amides is 1. The van der Waals surface area contributed by atoms with Crippen molar-refractivity contribution < 1.29 is 9.21 Å². The van der Waals surface area contributed by atoms with Gasteiger partial charge in [-0.25, -0.2) is 4.98 Å². The average Bonchev–Trinajstić information content (AvgIpc) is 2.95. The molecule has 29 heavy (non-hydrogen) atoms. The molecule has 0 atom stereocenters. The van der Waals surface area contributed by atoms with Gasteiger partial charge in [0, 0.05) is 48.9 Å². The average molecular weight is 410 g/mol. The Labute approximate surface area is 175 Å². The maximum atomic E-state index is 12.8. The van der Waals surface area contributed by atoms with Crippen LogP contribution in [-0.2, 0) is 6.54 Å². The molecule has 5 nitrogen and oxygen atoms in total. The summed E-state index contributed by atoms with van der Waals surface area (Å²) in [6, 6.07) is 17.1. The zero-order valence-corrected chi connectivity index (χ0v) is 17.2. The number of carbonyl (C=O) groups excluding carboxylic acids is 1. The second-order valence-electron chi connectivity index (χ2n) is 7.32. The van der Waals surface area contributed by atoms with Crippen molar-refractivity contribution in [1.82, 2.24) is 14.8 Å². The molecule has 1 saturated heterocycles. The molecule has 150 valence electrons. The first kappa shape index (κ1) is 19.7. The van der Waals surface area contributed by atoms with E-state index in [4.69, 9.17) is 21.0 Å². The van der Waals surface area contributed by atoms with Gasteiger partial charge in [0.15, 0.2) is 0 Å². The summed E-state index contributed by atoms with van der Waals surface area (Å²) >= 11 is 6.04. The Morgan fingerprint density at radius 2 is 1.90 bits per heavy atom. The monoisotopic (exact) mass is 409 g/mol. The summed E-state index contributed by atoms with van der Waals surface area (Å²) in [7, 11) is 0. The van der Waals surface area contributed by atoms with Crippen LogP contribution in [0, 0.1) is 6.92 Å². The van der Waals surface area contributed by atoms with E-state index in [1.807, 2.05) is 54.3 Å². The van der Waals surface area contributed by atoms with Crippen LogP contribution in [-0.4, -0.2) is 46.9 Å². The van der Waals surface area contributed by atoms with Crippen molar-refractivity contribution in [3.05, 3.63) is 76.6 Å². The number of rotatable bonds is 4. The first-order valence-corrected chi connectivity index (χ1v) is 10.3. The molecule has 1 aliphatic heterocycles. The van der Waals surface area contributed by atoms with Crippen LogP contribution in [0.2, 0.25) is 5.02 Å². The SMILES string of the molecule is Cc1oc(-c2ccccc2)nc1CN1CCCN(C(=O)c2cccc(Cl)c2)CC1. The maximum Gasteiger partial charge on any atom is 0.253 e. The van der Waals surface area contributed by atoms with Gasteiger partial charge in [-0.2, -0.15) is 0 Å². The van der Waals surface area contributed by atoms with E-state index in [2.05, 4.69) is 4.90 Å². The Kier molecular flexibility index (Phi) is 5.97. The predicted molar refractivity (Wildman–Crippen MR) is 114 cm³/mol. The summed E-state index contributed by atoms with van der Waals surface area (Å²) in [5.74, 6) is 1.55. The molecule has 0 spiro atoms.